The van der Waals surface area contributed by atoms with E-state index in [9.17, 15) is 4.79 Å². The zero-order valence-corrected chi connectivity index (χ0v) is 21.3. The molecule has 7 nitrogen and oxygen atoms in total. The van der Waals surface area contributed by atoms with E-state index >= 15 is 0 Å². The van der Waals surface area contributed by atoms with Gasteiger partial charge in [0, 0.05) is 17.5 Å². The molecular formula is C27H37N5O2. The minimum absolute atomic E-state index is 0.138. The van der Waals surface area contributed by atoms with Gasteiger partial charge in [-0.25, -0.2) is 4.98 Å². The number of nitrogens with one attached hydrogen (secondary N) is 2. The molecule has 2 fully saturated rings. The van der Waals surface area contributed by atoms with Crippen molar-refractivity contribution < 1.29 is 9.53 Å². The fraction of sp³-hybridized carbons (Fsp3) is 0.630. The van der Waals surface area contributed by atoms with Crippen LogP contribution in [0.4, 0.5) is 11.5 Å². The van der Waals surface area contributed by atoms with Crippen molar-refractivity contribution in [3.8, 4) is 0 Å². The first-order chi connectivity index (χ1) is 15.9. The summed E-state index contributed by atoms with van der Waals surface area (Å²) >= 11 is 0. The summed E-state index contributed by atoms with van der Waals surface area (Å²) in [5.41, 5.74) is 2.71. The predicted octanol–water partition coefficient (Wildman–Crippen LogP) is 6.74. The lowest BCUT2D eigenvalue weighted by Crippen LogP contribution is -2.44. The summed E-state index contributed by atoms with van der Waals surface area (Å²) < 4.78 is 6.30. The first-order valence-electron chi connectivity index (χ1n) is 12.3. The van der Waals surface area contributed by atoms with Gasteiger partial charge in [0.1, 0.15) is 0 Å². The molecule has 0 bridgehead atoms. The van der Waals surface area contributed by atoms with E-state index < -0.39 is 0 Å². The third-order valence-corrected chi connectivity index (χ3v) is 7.27. The predicted molar refractivity (Wildman–Crippen MR) is 133 cm³/mol. The molecule has 7 heteroatoms. The first kappa shape index (κ1) is 24.4. The highest BCUT2D eigenvalue weighted by atomic mass is 16.5. The summed E-state index contributed by atoms with van der Waals surface area (Å²) in [4.78, 5) is 28.2. The second kappa shape index (κ2) is 8.81. The molecule has 1 aliphatic heterocycles. The van der Waals surface area contributed by atoms with Gasteiger partial charge >= 0.3 is 5.91 Å². The van der Waals surface area contributed by atoms with Gasteiger partial charge in [-0.2, -0.15) is 0 Å². The quantitative estimate of drug-likeness (QED) is 0.492. The van der Waals surface area contributed by atoms with Crippen molar-refractivity contribution >= 4 is 17.4 Å². The standard InChI is InChI=1S/C27H37N5O2/c1-25(2)12-10-17(11-13-25)22-20(31-24(33)23-29-16-21(28-7)32-23)9-8-19(30-22)18-14-26(3,4)34-27(5,6)15-18/h8-9,16-18H,10-15H2,1-6H3,(H,29,32)(H,31,33). The minimum Gasteiger partial charge on any atom is -0.370 e. The largest absolute Gasteiger partial charge is 0.370 e. The summed E-state index contributed by atoms with van der Waals surface area (Å²) in [6.07, 6.45) is 7.60. The number of rotatable bonds is 4. The number of amides is 1. The Morgan fingerprint density at radius 1 is 1.09 bits per heavy atom. The number of anilines is 1. The van der Waals surface area contributed by atoms with Gasteiger partial charge in [0.25, 0.3) is 5.82 Å². The van der Waals surface area contributed by atoms with E-state index in [2.05, 4.69) is 67.7 Å². The van der Waals surface area contributed by atoms with E-state index in [1.165, 1.54) is 6.20 Å². The van der Waals surface area contributed by atoms with Crippen LogP contribution in [0.25, 0.3) is 4.85 Å². The fourth-order valence-electron chi connectivity index (χ4n) is 5.77. The Balaban J connectivity index is 1.66. The zero-order chi connectivity index (χ0) is 24.7. The molecule has 1 saturated carbocycles. The van der Waals surface area contributed by atoms with Crippen LogP contribution in [0.3, 0.4) is 0 Å². The Kier molecular flexibility index (Phi) is 6.32. The minimum atomic E-state index is -0.352. The molecule has 0 radical (unpaired) electrons. The van der Waals surface area contributed by atoms with Gasteiger partial charge in [-0.3, -0.25) is 14.8 Å². The number of aromatic nitrogens is 3. The highest BCUT2D eigenvalue weighted by Gasteiger charge is 2.40. The molecule has 1 aliphatic carbocycles. The van der Waals surface area contributed by atoms with Crippen molar-refractivity contribution in [2.45, 2.75) is 103 Å². The molecule has 182 valence electrons. The molecule has 3 heterocycles. The molecule has 0 aromatic carbocycles. The molecule has 1 amide bonds. The van der Waals surface area contributed by atoms with Crippen molar-refractivity contribution in [3.63, 3.8) is 0 Å². The average molecular weight is 464 g/mol. The summed E-state index contributed by atoms with van der Waals surface area (Å²) in [5, 5.41) is 3.02. The van der Waals surface area contributed by atoms with Crippen molar-refractivity contribution in [2.75, 3.05) is 5.32 Å². The van der Waals surface area contributed by atoms with Crippen LogP contribution in [-0.2, 0) is 4.74 Å². The van der Waals surface area contributed by atoms with Crippen LogP contribution in [0.5, 0.6) is 0 Å². The van der Waals surface area contributed by atoms with Gasteiger partial charge < -0.3 is 14.9 Å². The number of pyridine rings is 1. The number of hydrogen-bond donors (Lipinski definition) is 2. The number of ether oxygens (including phenoxy) is 1. The number of carbonyl (C=O) groups is 1. The van der Waals surface area contributed by atoms with Crippen LogP contribution in [0.1, 0.15) is 114 Å². The lowest BCUT2D eigenvalue weighted by molar-refractivity contribution is -0.162. The normalized spacial score (nSPS) is 22.1. The summed E-state index contributed by atoms with van der Waals surface area (Å²) in [6.45, 7) is 20.4. The van der Waals surface area contributed by atoms with Gasteiger partial charge in [-0.05, 0) is 83.8 Å². The highest BCUT2D eigenvalue weighted by Crippen LogP contribution is 2.46. The Morgan fingerprint density at radius 3 is 2.32 bits per heavy atom. The number of imidazole rings is 1. The Morgan fingerprint density at radius 2 is 1.74 bits per heavy atom. The van der Waals surface area contributed by atoms with E-state index in [4.69, 9.17) is 16.3 Å². The van der Waals surface area contributed by atoms with Crippen LogP contribution >= 0.6 is 0 Å². The van der Waals surface area contributed by atoms with Crippen LogP contribution < -0.4 is 5.32 Å². The van der Waals surface area contributed by atoms with Crippen LogP contribution in [0.15, 0.2) is 18.3 Å². The second-order valence-corrected chi connectivity index (χ2v) is 12.0. The second-order valence-electron chi connectivity index (χ2n) is 12.0. The van der Waals surface area contributed by atoms with Gasteiger partial charge in [0.2, 0.25) is 5.82 Å². The Labute approximate surface area is 202 Å². The lowest BCUT2D eigenvalue weighted by Gasteiger charge is -2.45. The maximum atomic E-state index is 12.9. The maximum absolute atomic E-state index is 12.9. The molecule has 4 rings (SSSR count). The van der Waals surface area contributed by atoms with E-state index in [1.807, 2.05) is 6.07 Å². The van der Waals surface area contributed by atoms with Crippen LogP contribution in [0.2, 0.25) is 0 Å². The zero-order valence-electron chi connectivity index (χ0n) is 21.3. The summed E-state index contributed by atoms with van der Waals surface area (Å²) in [5.74, 6) is 0.639. The summed E-state index contributed by atoms with van der Waals surface area (Å²) in [6, 6.07) is 4.06. The van der Waals surface area contributed by atoms with Crippen LogP contribution in [-0.4, -0.2) is 32.1 Å². The van der Waals surface area contributed by atoms with Crippen LogP contribution in [0, 0.1) is 12.0 Å². The SMILES string of the molecule is [C-]#[N+]c1cnc(C(=O)Nc2ccc(C3CC(C)(C)OC(C)(C)C3)nc2C2CCC(C)(C)CC2)[nH]1. The molecule has 2 aromatic rings. The molecule has 2 N–H and O–H groups in total. The number of carbonyl (C=O) groups excluding carboxylic acids is 1. The molecule has 0 atom stereocenters. The van der Waals surface area contributed by atoms with Gasteiger partial charge in [-0.1, -0.05) is 20.4 Å². The monoisotopic (exact) mass is 463 g/mol. The third kappa shape index (κ3) is 5.50. The van der Waals surface area contributed by atoms with Gasteiger partial charge in [0.15, 0.2) is 0 Å². The number of aromatic amines is 1. The van der Waals surface area contributed by atoms with Crippen molar-refractivity contribution in [2.24, 2.45) is 5.41 Å². The molecule has 2 aliphatic rings. The van der Waals surface area contributed by atoms with Crippen molar-refractivity contribution in [1.82, 2.24) is 15.0 Å². The Hall–Kier alpha value is -2.72. The highest BCUT2D eigenvalue weighted by molar-refractivity contribution is 6.02. The lowest BCUT2D eigenvalue weighted by atomic mass is 9.72. The fourth-order valence-corrected chi connectivity index (χ4v) is 5.77. The van der Waals surface area contributed by atoms with Crippen molar-refractivity contribution in [1.29, 1.82) is 0 Å². The first-order valence-corrected chi connectivity index (χ1v) is 12.3. The van der Waals surface area contributed by atoms with E-state index in [1.54, 1.807) is 0 Å². The molecule has 0 spiro atoms. The number of hydrogen-bond acceptors (Lipinski definition) is 4. The molecule has 34 heavy (non-hydrogen) atoms. The molecule has 0 unspecified atom stereocenters. The van der Waals surface area contributed by atoms with E-state index in [0.717, 1.165) is 55.6 Å². The van der Waals surface area contributed by atoms with E-state index in [0.29, 0.717) is 17.3 Å². The molecule has 1 saturated heterocycles. The molecular weight excluding hydrogens is 426 g/mol. The van der Waals surface area contributed by atoms with Gasteiger partial charge in [-0.15, -0.1) is 0 Å². The topological polar surface area (TPSA) is 84.3 Å². The smallest absolute Gasteiger partial charge is 0.314 e. The summed E-state index contributed by atoms with van der Waals surface area (Å²) in [7, 11) is 0. The van der Waals surface area contributed by atoms with Crippen molar-refractivity contribution in [3.05, 3.63) is 47.0 Å². The number of H-pyrrole nitrogens is 1. The number of nitrogens with zero attached hydrogens (tertiary/aromatic N) is 3. The third-order valence-electron chi connectivity index (χ3n) is 7.27. The molecule has 2 aromatic heterocycles. The average Bonchev–Trinajstić information content (AvgIpc) is 3.21. The maximum Gasteiger partial charge on any atom is 0.314 e. The van der Waals surface area contributed by atoms with Gasteiger partial charge in [0.05, 0.1) is 28.8 Å². The van der Waals surface area contributed by atoms with E-state index in [-0.39, 0.29) is 28.8 Å². The Bertz CT molecular complexity index is 1080.